The van der Waals surface area contributed by atoms with Crippen LogP contribution in [0.15, 0.2) is 18.2 Å². The van der Waals surface area contributed by atoms with Crippen LogP contribution in [-0.2, 0) is 4.74 Å². The SMILES string of the molecule is CC(C)(C)OC(=O)NCCNC(=O)c1n[nH]c2ccc(N)cc12. The Morgan fingerprint density at radius 3 is 2.65 bits per heavy atom. The smallest absolute Gasteiger partial charge is 0.407 e. The van der Waals surface area contributed by atoms with Crippen LogP contribution in [0.2, 0.25) is 0 Å². The number of hydrogen-bond donors (Lipinski definition) is 4. The summed E-state index contributed by atoms with van der Waals surface area (Å²) in [6, 6.07) is 5.18. The molecule has 23 heavy (non-hydrogen) atoms. The van der Waals surface area contributed by atoms with Crippen molar-refractivity contribution in [3.63, 3.8) is 0 Å². The third-order valence-corrected chi connectivity index (χ3v) is 2.88. The van der Waals surface area contributed by atoms with Crippen molar-refractivity contribution in [1.29, 1.82) is 0 Å². The number of anilines is 1. The van der Waals surface area contributed by atoms with Gasteiger partial charge in [-0.25, -0.2) is 4.79 Å². The highest BCUT2D eigenvalue weighted by Crippen LogP contribution is 2.18. The average Bonchev–Trinajstić information content (AvgIpc) is 2.84. The van der Waals surface area contributed by atoms with E-state index in [0.29, 0.717) is 11.1 Å². The number of nitrogens with two attached hydrogens (primary N) is 1. The Morgan fingerprint density at radius 1 is 1.26 bits per heavy atom. The lowest BCUT2D eigenvalue weighted by Gasteiger charge is -2.19. The normalized spacial score (nSPS) is 11.3. The number of benzene rings is 1. The molecule has 124 valence electrons. The molecule has 0 bridgehead atoms. The zero-order valence-electron chi connectivity index (χ0n) is 13.4. The summed E-state index contributed by atoms with van der Waals surface area (Å²) < 4.78 is 5.09. The fraction of sp³-hybridized carbons (Fsp3) is 0.400. The van der Waals surface area contributed by atoms with Crippen LogP contribution in [-0.4, -0.2) is 40.9 Å². The first kappa shape index (κ1) is 16.6. The Labute approximate surface area is 133 Å². The molecule has 0 saturated heterocycles. The molecule has 8 nitrogen and oxygen atoms in total. The Hall–Kier alpha value is -2.77. The monoisotopic (exact) mass is 319 g/mol. The predicted molar refractivity (Wildman–Crippen MR) is 87.1 cm³/mol. The third-order valence-electron chi connectivity index (χ3n) is 2.88. The van der Waals surface area contributed by atoms with Gasteiger partial charge in [0.05, 0.1) is 5.52 Å². The van der Waals surface area contributed by atoms with Crippen LogP contribution in [0.25, 0.3) is 10.9 Å². The first-order valence-electron chi connectivity index (χ1n) is 7.25. The second kappa shape index (κ2) is 6.55. The maximum absolute atomic E-state index is 12.1. The summed E-state index contributed by atoms with van der Waals surface area (Å²) in [6.07, 6.45) is -0.523. The van der Waals surface area contributed by atoms with Gasteiger partial charge in [0.25, 0.3) is 5.91 Å². The minimum absolute atomic E-state index is 0.255. The molecule has 2 rings (SSSR count). The quantitative estimate of drug-likeness (QED) is 0.501. The van der Waals surface area contributed by atoms with Gasteiger partial charge in [0.2, 0.25) is 0 Å². The van der Waals surface area contributed by atoms with Gasteiger partial charge in [-0.05, 0) is 39.0 Å². The second-order valence-corrected chi connectivity index (χ2v) is 6.06. The highest BCUT2D eigenvalue weighted by atomic mass is 16.6. The standard InChI is InChI=1S/C15H21N5O3/c1-15(2,3)23-14(22)18-7-6-17-13(21)12-10-8-9(16)4-5-11(10)19-20-12/h4-5,8H,6-7,16H2,1-3H3,(H,17,21)(H,18,22)(H,19,20). The van der Waals surface area contributed by atoms with Gasteiger partial charge in [-0.15, -0.1) is 0 Å². The number of carbonyl (C=O) groups is 2. The van der Waals surface area contributed by atoms with Crippen LogP contribution in [0.1, 0.15) is 31.3 Å². The van der Waals surface area contributed by atoms with Crippen molar-refractivity contribution in [2.75, 3.05) is 18.8 Å². The number of alkyl carbamates (subject to hydrolysis) is 1. The fourth-order valence-electron chi connectivity index (χ4n) is 1.94. The molecule has 8 heteroatoms. The number of H-pyrrole nitrogens is 1. The number of fused-ring (bicyclic) bond motifs is 1. The Bertz CT molecular complexity index is 717. The molecule has 0 atom stereocenters. The number of rotatable bonds is 4. The number of aromatic amines is 1. The van der Waals surface area contributed by atoms with E-state index in [9.17, 15) is 9.59 Å². The van der Waals surface area contributed by atoms with E-state index in [2.05, 4.69) is 20.8 Å². The summed E-state index contributed by atoms with van der Waals surface area (Å²) >= 11 is 0. The van der Waals surface area contributed by atoms with Crippen molar-refractivity contribution >= 4 is 28.6 Å². The van der Waals surface area contributed by atoms with Gasteiger partial charge in [-0.3, -0.25) is 9.89 Å². The van der Waals surface area contributed by atoms with Crippen molar-refractivity contribution in [2.24, 2.45) is 0 Å². The molecule has 1 aromatic heterocycles. The van der Waals surface area contributed by atoms with Gasteiger partial charge in [-0.2, -0.15) is 5.10 Å². The number of ether oxygens (including phenoxy) is 1. The number of nitrogen functional groups attached to an aromatic ring is 1. The molecule has 0 aliphatic heterocycles. The summed E-state index contributed by atoms with van der Waals surface area (Å²) in [5, 5.41) is 12.7. The van der Waals surface area contributed by atoms with E-state index >= 15 is 0 Å². The maximum atomic E-state index is 12.1. The second-order valence-electron chi connectivity index (χ2n) is 6.06. The zero-order chi connectivity index (χ0) is 17.0. The van der Waals surface area contributed by atoms with E-state index in [1.165, 1.54) is 0 Å². The summed E-state index contributed by atoms with van der Waals surface area (Å²) in [5.41, 5.74) is 6.72. The summed E-state index contributed by atoms with van der Waals surface area (Å²) in [5.74, 6) is -0.340. The van der Waals surface area contributed by atoms with E-state index in [-0.39, 0.29) is 24.7 Å². The van der Waals surface area contributed by atoms with Crippen molar-refractivity contribution in [3.05, 3.63) is 23.9 Å². The molecular weight excluding hydrogens is 298 g/mol. The Kier molecular flexibility index (Phi) is 4.73. The molecule has 0 unspecified atom stereocenters. The van der Waals surface area contributed by atoms with Crippen molar-refractivity contribution in [3.8, 4) is 0 Å². The molecule has 0 radical (unpaired) electrons. The number of nitrogens with zero attached hydrogens (tertiary/aromatic N) is 1. The molecule has 0 aliphatic carbocycles. The van der Waals surface area contributed by atoms with Gasteiger partial charge in [-0.1, -0.05) is 0 Å². The number of nitrogens with one attached hydrogen (secondary N) is 3. The van der Waals surface area contributed by atoms with E-state index in [0.717, 1.165) is 5.52 Å². The number of hydrogen-bond acceptors (Lipinski definition) is 5. The fourth-order valence-corrected chi connectivity index (χ4v) is 1.94. The number of carbonyl (C=O) groups excluding carboxylic acids is 2. The van der Waals surface area contributed by atoms with Gasteiger partial charge < -0.3 is 21.1 Å². The average molecular weight is 319 g/mol. The summed E-state index contributed by atoms with van der Waals surface area (Å²) in [7, 11) is 0. The molecule has 2 aromatic rings. The molecule has 2 amide bonds. The van der Waals surface area contributed by atoms with Gasteiger partial charge >= 0.3 is 6.09 Å². The molecule has 0 spiro atoms. The van der Waals surface area contributed by atoms with Gasteiger partial charge in [0, 0.05) is 24.2 Å². The van der Waals surface area contributed by atoms with E-state index in [1.807, 2.05) is 0 Å². The number of amides is 2. The molecule has 5 N–H and O–H groups in total. The highest BCUT2D eigenvalue weighted by molar-refractivity contribution is 6.05. The highest BCUT2D eigenvalue weighted by Gasteiger charge is 2.16. The van der Waals surface area contributed by atoms with Gasteiger partial charge in [0.1, 0.15) is 5.60 Å². The minimum Gasteiger partial charge on any atom is -0.444 e. The summed E-state index contributed by atoms with van der Waals surface area (Å²) in [4.78, 5) is 23.6. The van der Waals surface area contributed by atoms with E-state index in [1.54, 1.807) is 39.0 Å². The van der Waals surface area contributed by atoms with Crippen LogP contribution in [0.4, 0.5) is 10.5 Å². The van der Waals surface area contributed by atoms with Crippen LogP contribution < -0.4 is 16.4 Å². The van der Waals surface area contributed by atoms with Crippen molar-refractivity contribution < 1.29 is 14.3 Å². The van der Waals surface area contributed by atoms with E-state index < -0.39 is 11.7 Å². The Balaban J connectivity index is 1.85. The maximum Gasteiger partial charge on any atom is 0.407 e. The predicted octanol–water partition coefficient (Wildman–Crippen LogP) is 1.40. The molecule has 1 heterocycles. The van der Waals surface area contributed by atoms with Crippen molar-refractivity contribution in [1.82, 2.24) is 20.8 Å². The first-order chi connectivity index (χ1) is 10.8. The molecule has 0 fully saturated rings. The van der Waals surface area contributed by atoms with E-state index in [4.69, 9.17) is 10.5 Å². The van der Waals surface area contributed by atoms with Crippen LogP contribution in [0, 0.1) is 0 Å². The Morgan fingerprint density at radius 2 is 1.96 bits per heavy atom. The molecular formula is C15H21N5O3. The van der Waals surface area contributed by atoms with Gasteiger partial charge in [0.15, 0.2) is 5.69 Å². The van der Waals surface area contributed by atoms with Crippen LogP contribution in [0.5, 0.6) is 0 Å². The minimum atomic E-state index is -0.554. The zero-order valence-corrected chi connectivity index (χ0v) is 13.4. The third kappa shape index (κ3) is 4.60. The number of aromatic nitrogens is 2. The topological polar surface area (TPSA) is 122 Å². The first-order valence-corrected chi connectivity index (χ1v) is 7.25. The molecule has 1 aromatic carbocycles. The van der Waals surface area contributed by atoms with Crippen LogP contribution >= 0.6 is 0 Å². The molecule has 0 saturated carbocycles. The lowest BCUT2D eigenvalue weighted by atomic mass is 10.2. The lowest BCUT2D eigenvalue weighted by molar-refractivity contribution is 0.0526. The van der Waals surface area contributed by atoms with Crippen molar-refractivity contribution in [2.45, 2.75) is 26.4 Å². The van der Waals surface area contributed by atoms with Crippen LogP contribution in [0.3, 0.4) is 0 Å². The summed E-state index contributed by atoms with van der Waals surface area (Å²) in [6.45, 7) is 5.86. The largest absolute Gasteiger partial charge is 0.444 e. The molecule has 0 aliphatic rings. The lowest BCUT2D eigenvalue weighted by Crippen LogP contribution is -2.38.